The van der Waals surface area contributed by atoms with Gasteiger partial charge in [-0.3, -0.25) is 0 Å². The molecule has 0 spiro atoms. The largest absolute Gasteiger partial charge is 0.392 e. The lowest BCUT2D eigenvalue weighted by Gasteiger charge is -2.16. The summed E-state index contributed by atoms with van der Waals surface area (Å²) in [7, 11) is 0. The van der Waals surface area contributed by atoms with E-state index in [4.69, 9.17) is 0 Å². The van der Waals surface area contributed by atoms with Crippen LogP contribution in [0.25, 0.3) is 0 Å². The highest BCUT2D eigenvalue weighted by Crippen LogP contribution is 2.70. The van der Waals surface area contributed by atoms with Crippen molar-refractivity contribution in [2.75, 3.05) is 0 Å². The van der Waals surface area contributed by atoms with Crippen LogP contribution >= 0.6 is 15.9 Å². The first-order valence-electron chi connectivity index (χ1n) is 7.27. The average Bonchev–Trinajstić information content (AvgIpc) is 2.84. The third-order valence-corrected chi connectivity index (χ3v) is 6.59. The van der Waals surface area contributed by atoms with Crippen molar-refractivity contribution in [1.29, 1.82) is 0 Å². The summed E-state index contributed by atoms with van der Waals surface area (Å²) in [5, 5.41) is 10.5. The van der Waals surface area contributed by atoms with Gasteiger partial charge >= 0.3 is 0 Å². The Bertz CT molecular complexity index is 501. The first kappa shape index (κ1) is 12.3. The summed E-state index contributed by atoms with van der Waals surface area (Å²) in [6.45, 7) is 0. The van der Waals surface area contributed by atoms with E-state index in [1.807, 2.05) is 6.07 Å². The zero-order valence-corrected chi connectivity index (χ0v) is 12.3. The number of aliphatic hydroxyl groups excluding tert-OH is 1. The Kier molecular flexibility index (Phi) is 2.79. The van der Waals surface area contributed by atoms with Gasteiger partial charge < -0.3 is 5.11 Å². The highest BCUT2D eigenvalue weighted by atomic mass is 79.9. The molecule has 5 atom stereocenters. The van der Waals surface area contributed by atoms with Crippen LogP contribution < -0.4 is 0 Å². The van der Waals surface area contributed by atoms with Crippen molar-refractivity contribution in [1.82, 2.24) is 0 Å². The van der Waals surface area contributed by atoms with Crippen LogP contribution in [-0.2, 0) is 6.42 Å². The molecule has 102 valence electrons. The van der Waals surface area contributed by atoms with E-state index >= 15 is 0 Å². The van der Waals surface area contributed by atoms with Crippen LogP contribution in [0, 0.1) is 35.4 Å². The molecule has 5 unspecified atom stereocenters. The molecule has 3 aliphatic carbocycles. The van der Waals surface area contributed by atoms with Crippen LogP contribution in [0.1, 0.15) is 24.8 Å². The van der Waals surface area contributed by atoms with E-state index in [0.29, 0.717) is 16.8 Å². The molecule has 0 amide bonds. The molecule has 0 saturated heterocycles. The summed E-state index contributed by atoms with van der Waals surface area (Å²) in [6, 6.07) is 5.08. The molecule has 1 nitrogen and oxygen atoms in total. The zero-order chi connectivity index (χ0) is 13.1. The number of hydrogen-bond acceptors (Lipinski definition) is 1. The molecule has 4 rings (SSSR count). The van der Waals surface area contributed by atoms with Gasteiger partial charge in [0.2, 0.25) is 0 Å². The fourth-order valence-corrected chi connectivity index (χ4v) is 5.40. The van der Waals surface area contributed by atoms with Gasteiger partial charge in [-0.25, -0.2) is 4.39 Å². The minimum atomic E-state index is -0.295. The molecule has 2 bridgehead atoms. The van der Waals surface area contributed by atoms with Gasteiger partial charge in [-0.15, -0.1) is 0 Å². The van der Waals surface area contributed by atoms with Crippen molar-refractivity contribution < 1.29 is 9.50 Å². The first-order valence-corrected chi connectivity index (χ1v) is 8.07. The number of hydrogen-bond donors (Lipinski definition) is 1. The molecule has 0 aromatic heterocycles. The molecule has 0 aliphatic heterocycles. The quantitative estimate of drug-likeness (QED) is 0.897. The van der Waals surface area contributed by atoms with E-state index in [-0.39, 0.29) is 11.9 Å². The number of halogens is 2. The fraction of sp³-hybridized carbons (Fsp3) is 0.625. The molecule has 3 aliphatic rings. The Balaban J connectivity index is 1.48. The van der Waals surface area contributed by atoms with E-state index in [1.54, 1.807) is 6.07 Å². The van der Waals surface area contributed by atoms with Gasteiger partial charge in [0.25, 0.3) is 0 Å². The summed E-state index contributed by atoms with van der Waals surface area (Å²) < 4.78 is 14.0. The highest BCUT2D eigenvalue weighted by Gasteiger charge is 2.66. The molecule has 3 heteroatoms. The summed E-state index contributed by atoms with van der Waals surface area (Å²) in [5.74, 6) is 3.57. The van der Waals surface area contributed by atoms with Crippen LogP contribution in [0.15, 0.2) is 22.7 Å². The average molecular weight is 325 g/mol. The third-order valence-electron chi connectivity index (χ3n) is 5.70. The van der Waals surface area contributed by atoms with Crippen LogP contribution in [0.3, 0.4) is 0 Å². The molecule has 19 heavy (non-hydrogen) atoms. The number of fused-ring (bicyclic) bond motifs is 5. The zero-order valence-electron chi connectivity index (χ0n) is 10.7. The van der Waals surface area contributed by atoms with Crippen LogP contribution in [-0.4, -0.2) is 11.2 Å². The van der Waals surface area contributed by atoms with Gasteiger partial charge in [0, 0.05) is 0 Å². The van der Waals surface area contributed by atoms with Crippen LogP contribution in [0.4, 0.5) is 4.39 Å². The fourth-order valence-electron chi connectivity index (χ4n) is 4.97. The molecular formula is C16H18BrFO. The monoisotopic (exact) mass is 324 g/mol. The Hall–Kier alpha value is -0.410. The number of rotatable bonds is 3. The highest BCUT2D eigenvalue weighted by molar-refractivity contribution is 9.10. The van der Waals surface area contributed by atoms with Gasteiger partial charge in [0.1, 0.15) is 5.82 Å². The topological polar surface area (TPSA) is 20.2 Å². The van der Waals surface area contributed by atoms with Crippen molar-refractivity contribution in [2.45, 2.75) is 31.8 Å². The maximum Gasteiger partial charge on any atom is 0.137 e. The predicted octanol–water partition coefficient (Wildman–Crippen LogP) is 3.78. The van der Waals surface area contributed by atoms with Crippen molar-refractivity contribution in [3.63, 3.8) is 0 Å². The lowest BCUT2D eigenvalue weighted by atomic mass is 9.95. The molecule has 0 radical (unpaired) electrons. The minimum absolute atomic E-state index is 0.235. The lowest BCUT2D eigenvalue weighted by molar-refractivity contribution is 0.128. The van der Waals surface area contributed by atoms with Gasteiger partial charge in [-0.2, -0.15) is 0 Å². The molecule has 1 N–H and O–H groups in total. The summed E-state index contributed by atoms with van der Waals surface area (Å²) in [5.41, 5.74) is 0.893. The van der Waals surface area contributed by atoms with Gasteiger partial charge in [-0.05, 0) is 82.8 Å². The van der Waals surface area contributed by atoms with E-state index in [9.17, 15) is 9.50 Å². The van der Waals surface area contributed by atoms with Crippen LogP contribution in [0.5, 0.6) is 0 Å². The van der Waals surface area contributed by atoms with E-state index in [0.717, 1.165) is 29.2 Å². The lowest BCUT2D eigenvalue weighted by Crippen LogP contribution is -2.18. The minimum Gasteiger partial charge on any atom is -0.392 e. The molecule has 3 fully saturated rings. The van der Waals surface area contributed by atoms with Crippen LogP contribution in [0.2, 0.25) is 0 Å². The van der Waals surface area contributed by atoms with Crippen molar-refractivity contribution in [3.8, 4) is 0 Å². The molecule has 1 aromatic rings. The Morgan fingerprint density at radius 3 is 2.63 bits per heavy atom. The summed E-state index contributed by atoms with van der Waals surface area (Å²) in [4.78, 5) is 0. The molecular weight excluding hydrogens is 307 g/mol. The smallest absolute Gasteiger partial charge is 0.137 e. The first-order chi connectivity index (χ1) is 9.16. The Morgan fingerprint density at radius 1 is 1.26 bits per heavy atom. The summed E-state index contributed by atoms with van der Waals surface area (Å²) >= 11 is 3.29. The van der Waals surface area contributed by atoms with E-state index in [2.05, 4.69) is 15.9 Å². The van der Waals surface area contributed by atoms with Crippen molar-refractivity contribution in [3.05, 3.63) is 34.1 Å². The van der Waals surface area contributed by atoms with E-state index < -0.39 is 0 Å². The third kappa shape index (κ3) is 1.81. The maximum atomic E-state index is 13.5. The summed E-state index contributed by atoms with van der Waals surface area (Å²) in [6.07, 6.45) is 4.44. The number of aliphatic hydroxyl groups is 1. The van der Waals surface area contributed by atoms with Gasteiger partial charge in [0.15, 0.2) is 0 Å². The molecule has 3 saturated carbocycles. The van der Waals surface area contributed by atoms with Crippen molar-refractivity contribution in [2.24, 2.45) is 29.6 Å². The predicted molar refractivity (Wildman–Crippen MR) is 75.1 cm³/mol. The van der Waals surface area contributed by atoms with Gasteiger partial charge in [0.05, 0.1) is 10.6 Å². The second-order valence-electron chi connectivity index (χ2n) is 6.55. The van der Waals surface area contributed by atoms with Crippen molar-refractivity contribution >= 4 is 15.9 Å². The molecule has 0 heterocycles. The Morgan fingerprint density at radius 2 is 1.95 bits per heavy atom. The SMILES string of the molecule is OC(Cc1cccc(F)c1Br)C1C2C3CCC(C3)C12. The normalized spacial score (nSPS) is 40.3. The maximum absolute atomic E-state index is 13.5. The number of benzene rings is 1. The van der Waals surface area contributed by atoms with E-state index in [1.165, 1.54) is 25.3 Å². The standard InChI is InChI=1S/C16H18BrFO/c17-16-10(2-1-3-11(16)18)7-12(19)15-13-8-4-5-9(6-8)14(13)15/h1-3,8-9,12-15,19H,4-7H2. The second-order valence-corrected chi connectivity index (χ2v) is 7.34. The Labute approximate surface area is 121 Å². The second kappa shape index (κ2) is 4.29. The molecule has 1 aromatic carbocycles. The van der Waals surface area contributed by atoms with Gasteiger partial charge in [-0.1, -0.05) is 12.1 Å².